The molecule has 0 spiro atoms. The third-order valence-corrected chi connectivity index (χ3v) is 3.53. The Balaban J connectivity index is 2.43. The van der Waals surface area contributed by atoms with Gasteiger partial charge in [-0.3, -0.25) is 4.79 Å². The first kappa shape index (κ1) is 17.3. The second-order valence-electron chi connectivity index (χ2n) is 4.80. The largest absolute Gasteiger partial charge is 0.491 e. The maximum atomic E-state index is 11.8. The van der Waals surface area contributed by atoms with Crippen LogP contribution in [0.2, 0.25) is 5.02 Å². The third-order valence-electron chi connectivity index (χ3n) is 3.22. The Morgan fingerprint density at radius 1 is 1.38 bits per heavy atom. The first-order valence-corrected chi connectivity index (χ1v) is 7.23. The Morgan fingerprint density at radius 2 is 2.05 bits per heavy atom. The van der Waals surface area contributed by atoms with Gasteiger partial charge in [-0.05, 0) is 18.1 Å². The summed E-state index contributed by atoms with van der Waals surface area (Å²) in [6.07, 6.45) is 0.749. The van der Waals surface area contributed by atoms with Gasteiger partial charge < -0.3 is 15.2 Å². The summed E-state index contributed by atoms with van der Waals surface area (Å²) in [7, 11) is 0. The van der Waals surface area contributed by atoms with Crippen molar-refractivity contribution in [2.75, 3.05) is 6.61 Å². The van der Waals surface area contributed by atoms with Crippen LogP contribution in [0, 0.1) is 5.92 Å². The van der Waals surface area contributed by atoms with Crippen molar-refractivity contribution in [1.82, 2.24) is 5.32 Å². The van der Waals surface area contributed by atoms with Crippen LogP contribution >= 0.6 is 11.6 Å². The number of nitrogens with one attached hydrogen (secondary N) is 1. The van der Waals surface area contributed by atoms with E-state index in [2.05, 4.69) is 5.32 Å². The molecule has 21 heavy (non-hydrogen) atoms. The van der Waals surface area contributed by atoms with E-state index in [0.29, 0.717) is 17.2 Å². The predicted molar refractivity (Wildman–Crippen MR) is 80.6 cm³/mol. The van der Waals surface area contributed by atoms with E-state index in [9.17, 15) is 9.59 Å². The number of amides is 1. The van der Waals surface area contributed by atoms with Gasteiger partial charge in [0.05, 0.1) is 18.1 Å². The minimum Gasteiger partial charge on any atom is -0.491 e. The number of para-hydroxylation sites is 1. The number of carbonyl (C=O) groups excluding carboxylic acids is 1. The van der Waals surface area contributed by atoms with E-state index in [4.69, 9.17) is 21.4 Å². The van der Waals surface area contributed by atoms with E-state index < -0.39 is 12.0 Å². The highest BCUT2D eigenvalue weighted by molar-refractivity contribution is 6.32. The lowest BCUT2D eigenvalue weighted by Crippen LogP contribution is -2.45. The summed E-state index contributed by atoms with van der Waals surface area (Å²) in [5.74, 6) is -1.00. The standard InChI is InChI=1S/C15H20ClNO4/c1-3-10(2)14(15(19)20)17-13(18)8-9-21-12-7-5-4-6-11(12)16/h4-7,10,14H,3,8-9H2,1-2H3,(H,17,18)(H,19,20)/t10-,14-/m0/s1. The second kappa shape index (κ2) is 8.52. The van der Waals surface area contributed by atoms with Crippen molar-refractivity contribution in [2.45, 2.75) is 32.7 Å². The van der Waals surface area contributed by atoms with Crippen molar-refractivity contribution in [2.24, 2.45) is 5.92 Å². The number of hydrogen-bond acceptors (Lipinski definition) is 3. The molecule has 0 saturated heterocycles. The molecule has 0 bridgehead atoms. The van der Waals surface area contributed by atoms with Crippen LogP contribution in [-0.4, -0.2) is 29.6 Å². The van der Waals surface area contributed by atoms with Crippen molar-refractivity contribution >= 4 is 23.5 Å². The Hall–Kier alpha value is -1.75. The highest BCUT2D eigenvalue weighted by atomic mass is 35.5. The van der Waals surface area contributed by atoms with Crippen molar-refractivity contribution in [3.63, 3.8) is 0 Å². The summed E-state index contributed by atoms with van der Waals surface area (Å²) in [5, 5.41) is 12.1. The van der Waals surface area contributed by atoms with Crippen LogP contribution in [0.4, 0.5) is 0 Å². The van der Waals surface area contributed by atoms with Crippen LogP contribution in [0.15, 0.2) is 24.3 Å². The molecule has 2 atom stereocenters. The minimum atomic E-state index is -1.02. The lowest BCUT2D eigenvalue weighted by molar-refractivity contribution is -0.143. The number of rotatable bonds is 8. The molecule has 1 aromatic rings. The van der Waals surface area contributed by atoms with Gasteiger partial charge in [0.2, 0.25) is 5.91 Å². The molecular weight excluding hydrogens is 294 g/mol. The van der Waals surface area contributed by atoms with Gasteiger partial charge in [-0.25, -0.2) is 4.79 Å². The van der Waals surface area contributed by atoms with E-state index in [1.807, 2.05) is 6.92 Å². The summed E-state index contributed by atoms with van der Waals surface area (Å²) in [6.45, 7) is 3.81. The number of carboxylic acids is 1. The molecule has 1 rings (SSSR count). The SMILES string of the molecule is CC[C@H](C)[C@H](NC(=O)CCOc1ccccc1Cl)C(=O)O. The molecule has 0 aliphatic heterocycles. The van der Waals surface area contributed by atoms with Gasteiger partial charge >= 0.3 is 5.97 Å². The van der Waals surface area contributed by atoms with E-state index >= 15 is 0 Å². The molecule has 6 heteroatoms. The number of carbonyl (C=O) groups is 2. The number of carboxylic acid groups (broad SMARTS) is 1. The number of ether oxygens (including phenoxy) is 1. The fourth-order valence-corrected chi connectivity index (χ4v) is 1.93. The molecule has 116 valence electrons. The first-order valence-electron chi connectivity index (χ1n) is 6.85. The maximum absolute atomic E-state index is 11.8. The molecular formula is C15H20ClNO4. The predicted octanol–water partition coefficient (Wildman–Crippen LogP) is 2.72. The van der Waals surface area contributed by atoms with Crippen molar-refractivity contribution in [1.29, 1.82) is 0 Å². The highest BCUT2D eigenvalue weighted by Crippen LogP contribution is 2.23. The monoisotopic (exact) mass is 313 g/mol. The smallest absolute Gasteiger partial charge is 0.326 e. The summed E-state index contributed by atoms with van der Waals surface area (Å²) in [5.41, 5.74) is 0. The van der Waals surface area contributed by atoms with Crippen LogP contribution in [0.5, 0.6) is 5.75 Å². The van der Waals surface area contributed by atoms with Gasteiger partial charge in [0.25, 0.3) is 0 Å². The van der Waals surface area contributed by atoms with Crippen LogP contribution < -0.4 is 10.1 Å². The maximum Gasteiger partial charge on any atom is 0.326 e. The minimum absolute atomic E-state index is 0.0748. The Morgan fingerprint density at radius 3 is 2.62 bits per heavy atom. The number of hydrogen-bond donors (Lipinski definition) is 2. The molecule has 0 fully saturated rings. The summed E-state index contributed by atoms with van der Waals surface area (Å²) >= 11 is 5.92. The fraction of sp³-hybridized carbons (Fsp3) is 0.467. The second-order valence-corrected chi connectivity index (χ2v) is 5.21. The fourth-order valence-electron chi connectivity index (χ4n) is 1.74. The van der Waals surface area contributed by atoms with Crippen molar-refractivity contribution < 1.29 is 19.4 Å². The number of benzene rings is 1. The zero-order chi connectivity index (χ0) is 15.8. The average Bonchev–Trinajstić information content (AvgIpc) is 2.45. The first-order chi connectivity index (χ1) is 9.95. The zero-order valence-corrected chi connectivity index (χ0v) is 12.9. The lowest BCUT2D eigenvalue weighted by Gasteiger charge is -2.20. The molecule has 2 N–H and O–H groups in total. The highest BCUT2D eigenvalue weighted by Gasteiger charge is 2.24. The number of halogens is 1. The van der Waals surface area contributed by atoms with Crippen LogP contribution in [-0.2, 0) is 9.59 Å². The molecule has 1 aromatic carbocycles. The summed E-state index contributed by atoms with van der Waals surface area (Å²) < 4.78 is 5.40. The lowest BCUT2D eigenvalue weighted by atomic mass is 9.99. The Labute approximate surface area is 129 Å². The van der Waals surface area contributed by atoms with Crippen LogP contribution in [0.3, 0.4) is 0 Å². The van der Waals surface area contributed by atoms with Crippen molar-refractivity contribution in [3.05, 3.63) is 29.3 Å². The Kier molecular flexibility index (Phi) is 7.02. The van der Waals surface area contributed by atoms with E-state index in [1.54, 1.807) is 31.2 Å². The molecule has 0 unspecified atom stereocenters. The molecule has 0 aromatic heterocycles. The van der Waals surface area contributed by atoms with E-state index in [-0.39, 0.29) is 24.9 Å². The molecule has 1 amide bonds. The van der Waals surface area contributed by atoms with Crippen molar-refractivity contribution in [3.8, 4) is 5.75 Å². The molecule has 0 aliphatic carbocycles. The van der Waals surface area contributed by atoms with Gasteiger partial charge in [-0.2, -0.15) is 0 Å². The van der Waals surface area contributed by atoms with Gasteiger partial charge in [0, 0.05) is 0 Å². The number of aliphatic carboxylic acids is 1. The third kappa shape index (κ3) is 5.63. The Bertz CT molecular complexity index is 492. The van der Waals surface area contributed by atoms with Crippen LogP contribution in [0.1, 0.15) is 26.7 Å². The molecule has 0 radical (unpaired) electrons. The summed E-state index contributed by atoms with van der Waals surface area (Å²) in [4.78, 5) is 22.9. The van der Waals surface area contributed by atoms with Gasteiger partial charge in [0.1, 0.15) is 11.8 Å². The van der Waals surface area contributed by atoms with E-state index in [1.165, 1.54) is 0 Å². The van der Waals surface area contributed by atoms with Gasteiger partial charge in [-0.1, -0.05) is 44.0 Å². The zero-order valence-electron chi connectivity index (χ0n) is 12.1. The van der Waals surface area contributed by atoms with Gasteiger partial charge in [0.15, 0.2) is 0 Å². The van der Waals surface area contributed by atoms with Crippen LogP contribution in [0.25, 0.3) is 0 Å². The average molecular weight is 314 g/mol. The topological polar surface area (TPSA) is 75.6 Å². The summed E-state index contributed by atoms with van der Waals surface area (Å²) in [6, 6.07) is 6.10. The normalized spacial score (nSPS) is 13.3. The molecule has 0 heterocycles. The van der Waals surface area contributed by atoms with Gasteiger partial charge in [-0.15, -0.1) is 0 Å². The van der Waals surface area contributed by atoms with E-state index in [0.717, 1.165) is 0 Å². The molecule has 0 saturated carbocycles. The quantitative estimate of drug-likeness (QED) is 0.773. The molecule has 5 nitrogen and oxygen atoms in total. The molecule has 0 aliphatic rings.